The third-order valence-corrected chi connectivity index (χ3v) is 3.92. The third-order valence-electron chi connectivity index (χ3n) is 3.92. The summed E-state index contributed by atoms with van der Waals surface area (Å²) < 4.78 is 9.72. The zero-order valence-corrected chi connectivity index (χ0v) is 12.7. The molecule has 1 aromatic carbocycles. The van der Waals surface area contributed by atoms with Crippen LogP contribution >= 0.6 is 0 Å². The number of anilines is 1. The Hall–Kier alpha value is -2.90. The summed E-state index contributed by atoms with van der Waals surface area (Å²) in [5.41, 5.74) is 1.95. The molecular weight excluding hydrogens is 302 g/mol. The first-order chi connectivity index (χ1) is 11.0. The second-order valence-corrected chi connectivity index (χ2v) is 5.33. The largest absolute Gasteiger partial charge is 0.497 e. The fourth-order valence-corrected chi connectivity index (χ4v) is 2.75. The second kappa shape index (κ2) is 5.38. The second-order valence-electron chi connectivity index (χ2n) is 5.33. The van der Waals surface area contributed by atoms with E-state index in [9.17, 15) is 14.4 Å². The van der Waals surface area contributed by atoms with Crippen molar-refractivity contribution in [1.82, 2.24) is 5.43 Å². The molecule has 8 nitrogen and oxygen atoms in total. The molecule has 0 radical (unpaired) electrons. The van der Waals surface area contributed by atoms with Gasteiger partial charge in [0.25, 0.3) is 5.91 Å². The number of benzene rings is 1. The molecular formula is C15H15N3O5. The number of rotatable bonds is 3. The Morgan fingerprint density at radius 2 is 2.09 bits per heavy atom. The van der Waals surface area contributed by atoms with Gasteiger partial charge in [0.1, 0.15) is 17.0 Å². The molecule has 1 saturated heterocycles. The zero-order valence-electron chi connectivity index (χ0n) is 12.7. The van der Waals surface area contributed by atoms with Crippen LogP contribution < -0.4 is 15.1 Å². The highest BCUT2D eigenvalue weighted by atomic mass is 16.5. The van der Waals surface area contributed by atoms with Gasteiger partial charge in [-0.25, -0.2) is 9.69 Å². The number of nitrogens with one attached hydrogen (secondary N) is 1. The monoisotopic (exact) mass is 317 g/mol. The first-order valence-corrected chi connectivity index (χ1v) is 6.94. The number of carbonyl (C=O) groups is 3. The number of carbonyl (C=O) groups excluding carboxylic acids is 3. The molecule has 1 spiro atoms. The summed E-state index contributed by atoms with van der Waals surface area (Å²) in [6.07, 6.45) is -0.0578. The number of imide groups is 1. The van der Waals surface area contributed by atoms with Crippen molar-refractivity contribution in [3.8, 4) is 5.75 Å². The van der Waals surface area contributed by atoms with E-state index >= 15 is 0 Å². The number of ether oxygens (including phenoxy) is 2. The van der Waals surface area contributed by atoms with E-state index in [1.165, 1.54) is 14.2 Å². The molecule has 0 aromatic heterocycles. The van der Waals surface area contributed by atoms with Gasteiger partial charge in [-0.05, 0) is 12.1 Å². The van der Waals surface area contributed by atoms with Crippen LogP contribution in [0.15, 0.2) is 29.4 Å². The van der Waals surface area contributed by atoms with E-state index < -0.39 is 17.4 Å². The molecule has 0 saturated carbocycles. The van der Waals surface area contributed by atoms with Crippen molar-refractivity contribution in [2.45, 2.75) is 18.4 Å². The Labute approximate surface area is 132 Å². The maximum atomic E-state index is 12.8. The Morgan fingerprint density at radius 3 is 2.78 bits per heavy atom. The highest BCUT2D eigenvalue weighted by Gasteiger charge is 2.56. The van der Waals surface area contributed by atoms with E-state index in [0.717, 1.165) is 4.90 Å². The summed E-state index contributed by atoms with van der Waals surface area (Å²) in [5, 5.41) is 3.86. The van der Waals surface area contributed by atoms with Gasteiger partial charge in [-0.1, -0.05) is 6.07 Å². The summed E-state index contributed by atoms with van der Waals surface area (Å²) in [4.78, 5) is 37.8. The van der Waals surface area contributed by atoms with Crippen LogP contribution in [0.1, 0.15) is 12.8 Å². The lowest BCUT2D eigenvalue weighted by Gasteiger charge is -2.21. The van der Waals surface area contributed by atoms with Gasteiger partial charge in [-0.15, -0.1) is 0 Å². The van der Waals surface area contributed by atoms with E-state index in [0.29, 0.717) is 11.4 Å². The predicted molar refractivity (Wildman–Crippen MR) is 80.0 cm³/mol. The van der Waals surface area contributed by atoms with E-state index in [1.54, 1.807) is 24.3 Å². The van der Waals surface area contributed by atoms with Crippen molar-refractivity contribution in [1.29, 1.82) is 0 Å². The van der Waals surface area contributed by atoms with Crippen molar-refractivity contribution in [3.63, 3.8) is 0 Å². The van der Waals surface area contributed by atoms with Crippen LogP contribution in [0.25, 0.3) is 0 Å². The predicted octanol–water partition coefficient (Wildman–Crippen LogP) is 0.220. The van der Waals surface area contributed by atoms with E-state index in [2.05, 4.69) is 15.3 Å². The number of hydrazone groups is 1. The molecule has 2 heterocycles. The van der Waals surface area contributed by atoms with Gasteiger partial charge in [0.2, 0.25) is 5.91 Å². The van der Waals surface area contributed by atoms with Gasteiger partial charge in [-0.3, -0.25) is 15.0 Å². The highest BCUT2D eigenvalue weighted by Crippen LogP contribution is 2.35. The Kier molecular flexibility index (Phi) is 3.51. The molecule has 8 heteroatoms. The van der Waals surface area contributed by atoms with Crippen LogP contribution in [0.3, 0.4) is 0 Å². The lowest BCUT2D eigenvalue weighted by Crippen LogP contribution is -2.47. The number of esters is 1. The number of methoxy groups -OCH3 is 2. The fraction of sp³-hybridized carbons (Fsp3) is 0.333. The van der Waals surface area contributed by atoms with Crippen molar-refractivity contribution in [3.05, 3.63) is 24.3 Å². The van der Waals surface area contributed by atoms with E-state index in [-0.39, 0.29) is 24.5 Å². The van der Waals surface area contributed by atoms with Gasteiger partial charge in [0, 0.05) is 12.5 Å². The summed E-state index contributed by atoms with van der Waals surface area (Å²) in [5.74, 6) is -0.889. The van der Waals surface area contributed by atoms with Crippen LogP contribution in [-0.4, -0.2) is 43.3 Å². The SMILES string of the molecule is COC(=O)C1=NN[C@]2(CC(=O)N(c3cccc(OC)c3)C2=O)C1. The summed E-state index contributed by atoms with van der Waals surface area (Å²) in [6, 6.07) is 6.66. The van der Waals surface area contributed by atoms with E-state index in [4.69, 9.17) is 4.74 Å². The molecule has 1 N–H and O–H groups in total. The molecule has 3 rings (SSSR count). The minimum absolute atomic E-state index is 0.0186. The van der Waals surface area contributed by atoms with Crippen LogP contribution in [0, 0.1) is 0 Å². The van der Waals surface area contributed by atoms with E-state index in [1.807, 2.05) is 0 Å². The van der Waals surface area contributed by atoms with Crippen LogP contribution in [0.4, 0.5) is 5.69 Å². The molecule has 0 aliphatic carbocycles. The van der Waals surface area contributed by atoms with Crippen LogP contribution in [-0.2, 0) is 19.1 Å². The average molecular weight is 317 g/mol. The normalized spacial score (nSPS) is 23.0. The molecule has 0 unspecified atom stereocenters. The van der Waals surface area contributed by atoms with Crippen LogP contribution in [0.2, 0.25) is 0 Å². The molecule has 120 valence electrons. The lowest BCUT2D eigenvalue weighted by molar-refractivity contribution is -0.132. The van der Waals surface area contributed by atoms with Gasteiger partial charge >= 0.3 is 5.97 Å². The number of hydrogen-bond donors (Lipinski definition) is 1. The minimum Gasteiger partial charge on any atom is -0.497 e. The summed E-state index contributed by atoms with van der Waals surface area (Å²) in [7, 11) is 2.74. The molecule has 23 heavy (non-hydrogen) atoms. The minimum atomic E-state index is -1.22. The molecule has 1 atom stereocenters. The van der Waals surface area contributed by atoms with Gasteiger partial charge in [-0.2, -0.15) is 5.10 Å². The molecule has 2 aliphatic heterocycles. The standard InChI is InChI=1S/C15H15N3O5/c1-22-10-5-3-4-9(6-10)18-12(19)8-15(14(18)21)7-11(16-17-15)13(20)23-2/h3-6,17H,7-8H2,1-2H3/t15-/m0/s1. The highest BCUT2D eigenvalue weighted by molar-refractivity contribution is 6.39. The summed E-state index contributed by atoms with van der Waals surface area (Å²) in [6.45, 7) is 0. The first kappa shape index (κ1) is 15.0. The molecule has 0 bridgehead atoms. The van der Waals surface area contributed by atoms with Crippen LogP contribution in [0.5, 0.6) is 5.75 Å². The number of nitrogens with zero attached hydrogens (tertiary/aromatic N) is 2. The van der Waals surface area contributed by atoms with Crippen molar-refractivity contribution < 1.29 is 23.9 Å². The average Bonchev–Trinajstić information content (AvgIpc) is 3.09. The number of amides is 2. The van der Waals surface area contributed by atoms with Crippen molar-refractivity contribution in [2.75, 3.05) is 19.1 Å². The smallest absolute Gasteiger partial charge is 0.354 e. The van der Waals surface area contributed by atoms with Gasteiger partial charge < -0.3 is 9.47 Å². The maximum absolute atomic E-state index is 12.8. The Balaban J connectivity index is 1.88. The van der Waals surface area contributed by atoms with Gasteiger partial charge in [0.05, 0.1) is 26.3 Å². The van der Waals surface area contributed by atoms with Crippen molar-refractivity contribution in [2.24, 2.45) is 5.10 Å². The lowest BCUT2D eigenvalue weighted by atomic mass is 9.93. The number of hydrogen-bond acceptors (Lipinski definition) is 7. The maximum Gasteiger partial charge on any atom is 0.354 e. The molecule has 2 amide bonds. The fourth-order valence-electron chi connectivity index (χ4n) is 2.75. The Morgan fingerprint density at radius 1 is 1.30 bits per heavy atom. The molecule has 1 fully saturated rings. The quantitative estimate of drug-likeness (QED) is 0.633. The molecule has 2 aliphatic rings. The van der Waals surface area contributed by atoms with Gasteiger partial charge in [0.15, 0.2) is 0 Å². The third kappa shape index (κ3) is 2.32. The zero-order chi connectivity index (χ0) is 16.6. The topological polar surface area (TPSA) is 97.3 Å². The summed E-state index contributed by atoms with van der Waals surface area (Å²) >= 11 is 0. The molecule has 1 aromatic rings. The van der Waals surface area contributed by atoms with Crippen molar-refractivity contribution >= 4 is 29.2 Å². The first-order valence-electron chi connectivity index (χ1n) is 6.94. The Bertz CT molecular complexity index is 730.